The third kappa shape index (κ3) is 60.8. The van der Waals surface area contributed by atoms with E-state index in [9.17, 15) is 14.4 Å². The lowest BCUT2D eigenvalue weighted by atomic mass is 10.0. The van der Waals surface area contributed by atoms with Crippen LogP contribution >= 0.6 is 0 Å². The fourth-order valence-electron chi connectivity index (χ4n) is 10.2. The van der Waals surface area contributed by atoms with Crippen molar-refractivity contribution in [2.24, 2.45) is 0 Å². The fraction of sp³-hybridized carbons (Fsp3) is 0.897. The van der Waals surface area contributed by atoms with Crippen molar-refractivity contribution in [3.63, 3.8) is 0 Å². The zero-order valence-corrected chi connectivity index (χ0v) is 50.1. The van der Waals surface area contributed by atoms with Crippen molar-refractivity contribution < 1.29 is 28.6 Å². The number of allylic oxidation sites excluding steroid dienone is 4. The van der Waals surface area contributed by atoms with E-state index in [1.807, 2.05) is 0 Å². The Morgan fingerprint density at radius 2 is 0.486 bits per heavy atom. The van der Waals surface area contributed by atoms with Crippen LogP contribution in [0.1, 0.15) is 374 Å². The first-order chi connectivity index (χ1) is 36.5. The van der Waals surface area contributed by atoms with Gasteiger partial charge in [-0.25, -0.2) is 0 Å². The summed E-state index contributed by atoms with van der Waals surface area (Å²) in [5.41, 5.74) is 0. The van der Waals surface area contributed by atoms with Crippen LogP contribution in [0.3, 0.4) is 0 Å². The number of hydrogen-bond acceptors (Lipinski definition) is 6. The molecule has 0 bridgehead atoms. The molecular weight excluding hydrogens is 913 g/mol. The van der Waals surface area contributed by atoms with Crippen LogP contribution in [-0.4, -0.2) is 37.2 Å². The molecule has 0 saturated heterocycles. The first kappa shape index (κ1) is 71.9. The van der Waals surface area contributed by atoms with Gasteiger partial charge in [0.1, 0.15) is 13.2 Å². The van der Waals surface area contributed by atoms with Gasteiger partial charge in [-0.1, -0.05) is 328 Å². The number of carbonyl (C=O) groups is 3. The number of carbonyl (C=O) groups excluding carboxylic acids is 3. The highest BCUT2D eigenvalue weighted by Gasteiger charge is 2.19. The highest BCUT2D eigenvalue weighted by molar-refractivity contribution is 5.71. The molecule has 0 aromatic heterocycles. The standard InChI is InChI=1S/C68H128O6/c1-4-7-10-13-16-18-20-22-24-26-27-28-29-30-31-32-33-34-35-36-37-38-39-40-41-43-44-46-48-50-52-55-58-61-67(70)73-64-65(63-72-66(69)60-57-54-15-12-9-6-3)74-68(71)62-59-56-53-51-49-47-45-42-25-23-21-19-17-14-11-8-5-2/h20,22,26-27,65H,4-19,21,23-25,28-64H2,1-3H3/b22-20-,27-26-. The molecule has 74 heavy (non-hydrogen) atoms. The van der Waals surface area contributed by atoms with Gasteiger partial charge in [-0.15, -0.1) is 0 Å². The lowest BCUT2D eigenvalue weighted by Gasteiger charge is -2.18. The molecule has 0 aromatic carbocycles. The minimum absolute atomic E-state index is 0.0643. The first-order valence-electron chi connectivity index (χ1n) is 33.3. The third-order valence-electron chi connectivity index (χ3n) is 15.2. The lowest BCUT2D eigenvalue weighted by Crippen LogP contribution is -2.30. The summed E-state index contributed by atoms with van der Waals surface area (Å²) in [6.07, 6.45) is 76.8. The smallest absolute Gasteiger partial charge is 0.306 e. The molecule has 0 spiro atoms. The molecule has 0 fully saturated rings. The van der Waals surface area contributed by atoms with E-state index in [-0.39, 0.29) is 31.1 Å². The topological polar surface area (TPSA) is 78.9 Å². The largest absolute Gasteiger partial charge is 0.462 e. The van der Waals surface area contributed by atoms with E-state index >= 15 is 0 Å². The maximum Gasteiger partial charge on any atom is 0.306 e. The molecule has 436 valence electrons. The molecule has 0 amide bonds. The zero-order chi connectivity index (χ0) is 53.6. The maximum atomic E-state index is 12.8. The van der Waals surface area contributed by atoms with Crippen LogP contribution in [-0.2, 0) is 28.6 Å². The Morgan fingerprint density at radius 3 is 0.743 bits per heavy atom. The minimum Gasteiger partial charge on any atom is -0.462 e. The van der Waals surface area contributed by atoms with Crippen molar-refractivity contribution in [3.05, 3.63) is 24.3 Å². The summed E-state index contributed by atoms with van der Waals surface area (Å²) >= 11 is 0. The number of esters is 3. The van der Waals surface area contributed by atoms with Crippen LogP contribution in [0.15, 0.2) is 24.3 Å². The van der Waals surface area contributed by atoms with Gasteiger partial charge in [0, 0.05) is 19.3 Å². The van der Waals surface area contributed by atoms with Gasteiger partial charge in [0.25, 0.3) is 0 Å². The van der Waals surface area contributed by atoms with Crippen LogP contribution in [0.25, 0.3) is 0 Å². The zero-order valence-electron chi connectivity index (χ0n) is 50.1. The maximum absolute atomic E-state index is 12.8. The molecule has 6 nitrogen and oxygen atoms in total. The second-order valence-electron chi connectivity index (χ2n) is 22.7. The Balaban J connectivity index is 3.91. The molecule has 6 heteroatoms. The van der Waals surface area contributed by atoms with Crippen LogP contribution in [0.2, 0.25) is 0 Å². The summed E-state index contributed by atoms with van der Waals surface area (Å²) in [5, 5.41) is 0. The van der Waals surface area contributed by atoms with E-state index in [0.29, 0.717) is 19.3 Å². The molecule has 0 aliphatic carbocycles. The summed E-state index contributed by atoms with van der Waals surface area (Å²) in [7, 11) is 0. The Morgan fingerprint density at radius 1 is 0.270 bits per heavy atom. The van der Waals surface area contributed by atoms with Crippen molar-refractivity contribution in [1.82, 2.24) is 0 Å². The van der Waals surface area contributed by atoms with Gasteiger partial charge in [-0.2, -0.15) is 0 Å². The van der Waals surface area contributed by atoms with E-state index in [4.69, 9.17) is 14.2 Å². The second-order valence-corrected chi connectivity index (χ2v) is 22.7. The minimum atomic E-state index is -0.763. The van der Waals surface area contributed by atoms with Crippen molar-refractivity contribution in [2.75, 3.05) is 13.2 Å². The average Bonchev–Trinajstić information content (AvgIpc) is 3.40. The SMILES string of the molecule is CCCCCCC/C=C\C/C=C\CCCCCCCCCCCCCCCCCCCCCCCC(=O)OCC(COC(=O)CCCCCCCC)OC(=O)CCCCCCCCCCCCCCCCCCC. The van der Waals surface area contributed by atoms with E-state index < -0.39 is 6.10 Å². The van der Waals surface area contributed by atoms with E-state index in [0.717, 1.165) is 64.2 Å². The fourth-order valence-corrected chi connectivity index (χ4v) is 10.2. The quantitative estimate of drug-likeness (QED) is 0.0261. The molecule has 0 heterocycles. The second kappa shape index (κ2) is 63.4. The summed E-state index contributed by atoms with van der Waals surface area (Å²) < 4.78 is 16.8. The summed E-state index contributed by atoms with van der Waals surface area (Å²) in [6.45, 7) is 6.63. The summed E-state index contributed by atoms with van der Waals surface area (Å²) in [5.74, 6) is -0.848. The summed E-state index contributed by atoms with van der Waals surface area (Å²) in [4.78, 5) is 38.0. The van der Waals surface area contributed by atoms with Crippen LogP contribution in [0.4, 0.5) is 0 Å². The van der Waals surface area contributed by atoms with Gasteiger partial charge in [0.15, 0.2) is 6.10 Å². The van der Waals surface area contributed by atoms with Crippen molar-refractivity contribution in [2.45, 2.75) is 380 Å². The predicted molar refractivity (Wildman–Crippen MR) is 321 cm³/mol. The molecule has 1 unspecified atom stereocenters. The predicted octanol–water partition coefficient (Wildman–Crippen LogP) is 22.6. The molecule has 0 rings (SSSR count). The van der Waals surface area contributed by atoms with Crippen LogP contribution < -0.4 is 0 Å². The molecular formula is C68H128O6. The molecule has 0 aliphatic rings. The molecule has 0 aromatic rings. The van der Waals surface area contributed by atoms with Crippen molar-refractivity contribution in [1.29, 1.82) is 0 Å². The third-order valence-corrected chi connectivity index (χ3v) is 15.2. The first-order valence-corrected chi connectivity index (χ1v) is 33.3. The number of unbranched alkanes of at least 4 members (excludes halogenated alkanes) is 47. The molecule has 0 aliphatic heterocycles. The monoisotopic (exact) mass is 1040 g/mol. The Kier molecular flexibility index (Phi) is 61.6. The summed E-state index contributed by atoms with van der Waals surface area (Å²) in [6, 6.07) is 0. The van der Waals surface area contributed by atoms with E-state index in [1.165, 1.54) is 270 Å². The van der Waals surface area contributed by atoms with Gasteiger partial charge in [0.2, 0.25) is 0 Å². The normalized spacial score (nSPS) is 12.1. The Hall–Kier alpha value is -2.11. The highest BCUT2D eigenvalue weighted by Crippen LogP contribution is 2.18. The molecule has 0 saturated carbocycles. The van der Waals surface area contributed by atoms with E-state index in [2.05, 4.69) is 45.1 Å². The number of ether oxygens (including phenoxy) is 3. The van der Waals surface area contributed by atoms with Crippen molar-refractivity contribution >= 4 is 17.9 Å². The lowest BCUT2D eigenvalue weighted by molar-refractivity contribution is -0.167. The Labute approximate surface area is 462 Å². The van der Waals surface area contributed by atoms with Gasteiger partial charge >= 0.3 is 17.9 Å². The average molecular weight is 1040 g/mol. The van der Waals surface area contributed by atoms with Gasteiger partial charge in [-0.3, -0.25) is 14.4 Å². The molecule has 0 N–H and O–H groups in total. The Bertz CT molecular complexity index is 1190. The van der Waals surface area contributed by atoms with Gasteiger partial charge < -0.3 is 14.2 Å². The van der Waals surface area contributed by atoms with Gasteiger partial charge in [-0.05, 0) is 51.4 Å². The number of rotatable bonds is 62. The molecule has 1 atom stereocenters. The van der Waals surface area contributed by atoms with Crippen molar-refractivity contribution in [3.8, 4) is 0 Å². The van der Waals surface area contributed by atoms with E-state index in [1.54, 1.807) is 0 Å². The van der Waals surface area contributed by atoms with Crippen LogP contribution in [0.5, 0.6) is 0 Å². The van der Waals surface area contributed by atoms with Crippen LogP contribution in [0, 0.1) is 0 Å². The van der Waals surface area contributed by atoms with Gasteiger partial charge in [0.05, 0.1) is 0 Å². The highest BCUT2D eigenvalue weighted by atomic mass is 16.6. The molecule has 0 radical (unpaired) electrons. The number of hydrogen-bond donors (Lipinski definition) is 0.